The minimum atomic E-state index is -3.80. The van der Waals surface area contributed by atoms with Gasteiger partial charge in [0.1, 0.15) is 5.75 Å². The highest BCUT2D eigenvalue weighted by molar-refractivity contribution is 7.89. The maximum Gasteiger partial charge on any atom is 0.245 e. The largest absolute Gasteiger partial charge is 0.494 e. The number of hydroxylamine groups is 1. The number of carbonyl (C=O) groups excluding carboxylic acids is 1. The lowest BCUT2D eigenvalue weighted by molar-refractivity contribution is -0.131. The smallest absolute Gasteiger partial charge is 0.245 e. The number of aliphatic hydroxyl groups is 1. The van der Waals surface area contributed by atoms with Gasteiger partial charge in [-0.25, -0.2) is 18.6 Å². The van der Waals surface area contributed by atoms with Crippen molar-refractivity contribution in [3.8, 4) is 5.75 Å². The van der Waals surface area contributed by atoms with Gasteiger partial charge in [-0.05, 0) is 30.7 Å². The molecule has 0 aliphatic heterocycles. The summed E-state index contributed by atoms with van der Waals surface area (Å²) in [7, 11) is -3.80. The maximum atomic E-state index is 12.1. The highest BCUT2D eigenvalue weighted by atomic mass is 32.2. The van der Waals surface area contributed by atoms with Crippen LogP contribution in [0.25, 0.3) is 0 Å². The summed E-state index contributed by atoms with van der Waals surface area (Å²) in [5.41, 5.74) is 1.36. The predicted octanol–water partition coefficient (Wildman–Crippen LogP) is 0.400. The zero-order valence-electron chi connectivity index (χ0n) is 12.9. The van der Waals surface area contributed by atoms with Gasteiger partial charge in [0.2, 0.25) is 15.9 Å². The zero-order chi connectivity index (χ0) is 17.3. The molecule has 0 saturated heterocycles. The van der Waals surface area contributed by atoms with Gasteiger partial charge in [0.25, 0.3) is 0 Å². The van der Waals surface area contributed by atoms with E-state index >= 15 is 0 Å². The second-order valence-corrected chi connectivity index (χ2v) is 6.69. The molecule has 0 radical (unpaired) electrons. The summed E-state index contributed by atoms with van der Waals surface area (Å²) in [5, 5.41) is 17.8. The third-order valence-corrected chi connectivity index (χ3v) is 4.39. The van der Waals surface area contributed by atoms with Crippen molar-refractivity contribution in [2.75, 3.05) is 13.2 Å². The molecular weight excluding hydrogens is 324 g/mol. The fourth-order valence-corrected chi connectivity index (χ4v) is 2.74. The first-order chi connectivity index (χ1) is 10.9. The number of aliphatic hydroxyl groups excluding tert-OH is 1. The Morgan fingerprint density at radius 2 is 1.96 bits per heavy atom. The fourth-order valence-electron chi connectivity index (χ4n) is 1.67. The van der Waals surface area contributed by atoms with E-state index in [-0.39, 0.29) is 11.4 Å². The average molecular weight is 346 g/mol. The molecule has 1 rings (SSSR count). The van der Waals surface area contributed by atoms with Gasteiger partial charge in [-0.15, -0.1) is 0 Å². The molecule has 1 unspecified atom stereocenters. The molecule has 130 valence electrons. The number of hydrogen-bond donors (Lipinski definition) is 4. The van der Waals surface area contributed by atoms with Crippen molar-refractivity contribution in [2.45, 2.75) is 37.2 Å². The van der Waals surface area contributed by atoms with Crippen LogP contribution in [0.4, 0.5) is 0 Å². The molecule has 0 aromatic heterocycles. The fraction of sp³-hybridized carbons (Fsp3) is 0.500. The number of nitrogens with one attached hydrogen (secondary N) is 2. The summed E-state index contributed by atoms with van der Waals surface area (Å²) in [6, 6.07) is 5.91. The van der Waals surface area contributed by atoms with Crippen LogP contribution in [0, 0.1) is 0 Å². The molecule has 8 nitrogen and oxygen atoms in total. The third kappa shape index (κ3) is 6.95. The van der Waals surface area contributed by atoms with E-state index in [2.05, 4.69) is 4.72 Å². The standard InChI is InChI=1S/C14H22N2O6S/c1-2-3-8-22-12-4-6-13(7-5-12)23(20,21)15-10-11(17)9-14(18)16-19/h4-7,11,15,17,19H,2-3,8-10H2,1H3,(H,16,18). The molecule has 4 N–H and O–H groups in total. The van der Waals surface area contributed by atoms with Crippen LogP contribution in [-0.4, -0.2) is 43.9 Å². The van der Waals surface area contributed by atoms with Crippen molar-refractivity contribution in [3.63, 3.8) is 0 Å². The van der Waals surface area contributed by atoms with E-state index in [1.165, 1.54) is 17.6 Å². The Morgan fingerprint density at radius 3 is 2.52 bits per heavy atom. The SMILES string of the molecule is CCCCOc1ccc(S(=O)(=O)NCC(O)CC(=O)NO)cc1. The van der Waals surface area contributed by atoms with Gasteiger partial charge in [0.05, 0.1) is 24.0 Å². The summed E-state index contributed by atoms with van der Waals surface area (Å²) in [6.07, 6.45) is 0.269. The van der Waals surface area contributed by atoms with E-state index in [1.807, 2.05) is 6.92 Å². The number of sulfonamides is 1. The molecule has 0 bridgehead atoms. The number of amides is 1. The van der Waals surface area contributed by atoms with E-state index in [1.54, 1.807) is 12.1 Å². The van der Waals surface area contributed by atoms with E-state index in [4.69, 9.17) is 9.94 Å². The van der Waals surface area contributed by atoms with Gasteiger partial charge in [-0.3, -0.25) is 10.0 Å². The van der Waals surface area contributed by atoms with Gasteiger partial charge in [-0.2, -0.15) is 0 Å². The van der Waals surface area contributed by atoms with Gasteiger partial charge < -0.3 is 9.84 Å². The van der Waals surface area contributed by atoms with Crippen LogP contribution in [-0.2, 0) is 14.8 Å². The van der Waals surface area contributed by atoms with E-state index < -0.39 is 28.5 Å². The number of rotatable bonds is 10. The highest BCUT2D eigenvalue weighted by Crippen LogP contribution is 2.16. The number of carbonyl (C=O) groups is 1. The number of unbranched alkanes of at least 4 members (excludes halogenated alkanes) is 1. The van der Waals surface area contributed by atoms with E-state index in [0.717, 1.165) is 12.8 Å². The van der Waals surface area contributed by atoms with Crippen molar-refractivity contribution in [2.24, 2.45) is 0 Å². The number of ether oxygens (including phenoxy) is 1. The van der Waals surface area contributed by atoms with Crippen molar-refractivity contribution >= 4 is 15.9 Å². The van der Waals surface area contributed by atoms with Crippen LogP contribution < -0.4 is 14.9 Å². The Labute approximate surface area is 135 Å². The van der Waals surface area contributed by atoms with Gasteiger partial charge in [-0.1, -0.05) is 13.3 Å². The molecule has 0 aliphatic rings. The minimum absolute atomic E-state index is 0.0270. The van der Waals surface area contributed by atoms with Gasteiger partial charge in [0, 0.05) is 6.54 Å². The second-order valence-electron chi connectivity index (χ2n) is 4.92. The molecule has 0 aliphatic carbocycles. The molecular formula is C14H22N2O6S. The van der Waals surface area contributed by atoms with Crippen molar-refractivity contribution in [3.05, 3.63) is 24.3 Å². The molecule has 0 heterocycles. The Morgan fingerprint density at radius 1 is 1.30 bits per heavy atom. The molecule has 1 atom stereocenters. The molecule has 9 heteroatoms. The monoisotopic (exact) mass is 346 g/mol. The Kier molecular flexibility index (Phi) is 7.96. The van der Waals surface area contributed by atoms with Crippen molar-refractivity contribution < 1.29 is 28.3 Å². The first-order valence-electron chi connectivity index (χ1n) is 7.22. The highest BCUT2D eigenvalue weighted by Gasteiger charge is 2.17. The zero-order valence-corrected chi connectivity index (χ0v) is 13.7. The van der Waals surface area contributed by atoms with Crippen LogP contribution in [0.1, 0.15) is 26.2 Å². The summed E-state index contributed by atoms with van der Waals surface area (Å²) >= 11 is 0. The van der Waals surface area contributed by atoms with Crippen molar-refractivity contribution in [1.82, 2.24) is 10.2 Å². The molecule has 1 amide bonds. The molecule has 0 fully saturated rings. The number of benzene rings is 1. The van der Waals surface area contributed by atoms with Crippen molar-refractivity contribution in [1.29, 1.82) is 0 Å². The Bertz CT molecular complexity index is 588. The first kappa shape index (κ1) is 19.4. The quantitative estimate of drug-likeness (QED) is 0.276. The Hall–Kier alpha value is -1.68. The van der Waals surface area contributed by atoms with E-state index in [0.29, 0.717) is 12.4 Å². The Balaban J connectivity index is 2.57. The van der Waals surface area contributed by atoms with Crippen LogP contribution in [0.15, 0.2) is 29.2 Å². The lowest BCUT2D eigenvalue weighted by Gasteiger charge is -2.12. The molecule has 1 aromatic carbocycles. The van der Waals surface area contributed by atoms with Crippen LogP contribution >= 0.6 is 0 Å². The predicted molar refractivity (Wildman–Crippen MR) is 82.6 cm³/mol. The lowest BCUT2D eigenvalue weighted by atomic mass is 10.2. The van der Waals surface area contributed by atoms with Gasteiger partial charge in [0.15, 0.2) is 0 Å². The third-order valence-electron chi connectivity index (χ3n) is 2.96. The lowest BCUT2D eigenvalue weighted by Crippen LogP contribution is -2.35. The molecule has 23 heavy (non-hydrogen) atoms. The summed E-state index contributed by atoms with van der Waals surface area (Å²) in [5.74, 6) is -0.220. The molecule has 1 aromatic rings. The summed E-state index contributed by atoms with van der Waals surface area (Å²) in [6.45, 7) is 2.27. The second kappa shape index (κ2) is 9.46. The molecule has 0 saturated carbocycles. The van der Waals surface area contributed by atoms with Crippen LogP contribution in [0.5, 0.6) is 5.75 Å². The van der Waals surface area contributed by atoms with Gasteiger partial charge >= 0.3 is 0 Å². The average Bonchev–Trinajstić information content (AvgIpc) is 2.54. The van der Waals surface area contributed by atoms with E-state index in [9.17, 15) is 18.3 Å². The minimum Gasteiger partial charge on any atom is -0.494 e. The topological polar surface area (TPSA) is 125 Å². The summed E-state index contributed by atoms with van der Waals surface area (Å²) in [4.78, 5) is 10.9. The first-order valence-corrected chi connectivity index (χ1v) is 8.71. The number of hydrogen-bond acceptors (Lipinski definition) is 6. The normalized spacial score (nSPS) is 12.7. The summed E-state index contributed by atoms with van der Waals surface area (Å²) < 4.78 is 31.7. The van der Waals surface area contributed by atoms with Crippen LogP contribution in [0.3, 0.4) is 0 Å². The maximum absolute atomic E-state index is 12.1. The van der Waals surface area contributed by atoms with Crippen LogP contribution in [0.2, 0.25) is 0 Å². The molecule has 0 spiro atoms.